The number of ether oxygens (including phenoxy) is 1. The molecular weight excluding hydrogens is 402 g/mol. The lowest BCUT2D eigenvalue weighted by molar-refractivity contribution is -0.112. The van der Waals surface area contributed by atoms with Crippen molar-refractivity contribution in [3.8, 4) is 11.8 Å². The summed E-state index contributed by atoms with van der Waals surface area (Å²) in [7, 11) is -3.81. The summed E-state index contributed by atoms with van der Waals surface area (Å²) < 4.78 is 28.2. The van der Waals surface area contributed by atoms with E-state index in [1.54, 1.807) is 24.3 Å². The Kier molecular flexibility index (Phi) is 8.59. The molecule has 8 heteroatoms. The number of benzene rings is 2. The minimum atomic E-state index is -3.81. The summed E-state index contributed by atoms with van der Waals surface area (Å²) in [5.41, 5.74) is 0.948. The first-order valence-electron chi connectivity index (χ1n) is 9.62. The Morgan fingerprint density at radius 1 is 1.10 bits per heavy atom. The highest BCUT2D eigenvalue weighted by atomic mass is 32.2. The van der Waals surface area contributed by atoms with E-state index in [0.717, 1.165) is 18.6 Å². The minimum Gasteiger partial charge on any atom is -0.494 e. The van der Waals surface area contributed by atoms with E-state index in [1.165, 1.54) is 43.2 Å². The largest absolute Gasteiger partial charge is 0.494 e. The molecule has 0 saturated carbocycles. The number of rotatable bonds is 10. The van der Waals surface area contributed by atoms with Crippen LogP contribution in [0, 0.1) is 11.3 Å². The smallest absolute Gasteiger partial charge is 0.266 e. The number of nitrogens with zero attached hydrogens (tertiary/aromatic N) is 1. The third kappa shape index (κ3) is 7.35. The van der Waals surface area contributed by atoms with E-state index in [0.29, 0.717) is 17.9 Å². The fourth-order valence-corrected chi connectivity index (χ4v) is 3.14. The van der Waals surface area contributed by atoms with Crippen molar-refractivity contribution in [2.75, 3.05) is 11.9 Å². The molecule has 7 nitrogen and oxygen atoms in total. The van der Waals surface area contributed by atoms with Gasteiger partial charge in [0.15, 0.2) is 0 Å². The predicted octanol–water partition coefficient (Wildman–Crippen LogP) is 3.84. The van der Waals surface area contributed by atoms with Crippen molar-refractivity contribution in [3.63, 3.8) is 0 Å². The fraction of sp³-hybridized carbons (Fsp3) is 0.273. The van der Waals surface area contributed by atoms with Gasteiger partial charge in [-0.1, -0.05) is 38.3 Å². The van der Waals surface area contributed by atoms with E-state index in [1.807, 2.05) is 6.07 Å². The van der Waals surface area contributed by atoms with Crippen molar-refractivity contribution < 1.29 is 17.9 Å². The standard InChI is InChI=1S/C22H25N3O4S/c1-2-3-4-5-14-29-20-10-6-17(7-11-20)15-18(16-23)22(26)25-19-8-12-21(13-9-19)30(24,27)28/h6-13,15H,2-5,14H2,1H3,(H,25,26)(H2,24,27,28)/b18-15+. The second kappa shape index (κ2) is 11.1. The zero-order chi connectivity index (χ0) is 22.0. The summed E-state index contributed by atoms with van der Waals surface area (Å²) in [5, 5.41) is 16.9. The highest BCUT2D eigenvalue weighted by Crippen LogP contribution is 2.17. The summed E-state index contributed by atoms with van der Waals surface area (Å²) in [6.07, 6.45) is 5.99. The summed E-state index contributed by atoms with van der Waals surface area (Å²) in [6, 6.07) is 14.4. The molecule has 0 fully saturated rings. The third-order valence-electron chi connectivity index (χ3n) is 4.26. The lowest BCUT2D eigenvalue weighted by atomic mass is 10.1. The second-order valence-electron chi connectivity index (χ2n) is 6.67. The number of carbonyl (C=O) groups excluding carboxylic acids is 1. The van der Waals surface area contributed by atoms with E-state index in [2.05, 4.69) is 12.2 Å². The molecule has 0 heterocycles. The SMILES string of the molecule is CCCCCCOc1ccc(/C=C(\C#N)C(=O)Nc2ccc(S(N)(=O)=O)cc2)cc1. The van der Waals surface area contributed by atoms with E-state index >= 15 is 0 Å². The predicted molar refractivity (Wildman–Crippen MR) is 116 cm³/mol. The average molecular weight is 428 g/mol. The minimum absolute atomic E-state index is 0.0655. The Morgan fingerprint density at radius 3 is 2.33 bits per heavy atom. The van der Waals surface area contributed by atoms with E-state index < -0.39 is 15.9 Å². The molecule has 0 aromatic heterocycles. The van der Waals surface area contributed by atoms with Crippen LogP contribution in [0.2, 0.25) is 0 Å². The molecule has 0 aliphatic heterocycles. The number of unbranched alkanes of at least 4 members (excludes halogenated alkanes) is 3. The molecule has 0 aliphatic rings. The number of amides is 1. The van der Waals surface area contributed by atoms with Crippen LogP contribution in [-0.4, -0.2) is 20.9 Å². The maximum Gasteiger partial charge on any atom is 0.266 e. The van der Waals surface area contributed by atoms with Crippen LogP contribution in [0.25, 0.3) is 6.08 Å². The van der Waals surface area contributed by atoms with Crippen LogP contribution in [0.15, 0.2) is 59.0 Å². The summed E-state index contributed by atoms with van der Waals surface area (Å²) in [5.74, 6) is 0.138. The van der Waals surface area contributed by atoms with Crippen LogP contribution in [0.4, 0.5) is 5.69 Å². The topological polar surface area (TPSA) is 122 Å². The van der Waals surface area contributed by atoms with Gasteiger partial charge >= 0.3 is 0 Å². The van der Waals surface area contributed by atoms with Gasteiger partial charge in [0.25, 0.3) is 5.91 Å². The normalized spacial score (nSPS) is 11.6. The molecule has 3 N–H and O–H groups in total. The number of nitrogens with one attached hydrogen (secondary N) is 1. The Morgan fingerprint density at radius 2 is 1.77 bits per heavy atom. The van der Waals surface area contributed by atoms with Gasteiger partial charge < -0.3 is 10.1 Å². The lowest BCUT2D eigenvalue weighted by Crippen LogP contribution is -2.14. The summed E-state index contributed by atoms with van der Waals surface area (Å²) >= 11 is 0. The molecule has 2 aromatic rings. The van der Waals surface area contributed by atoms with Gasteiger partial charge in [-0.15, -0.1) is 0 Å². The molecule has 1 amide bonds. The molecule has 0 atom stereocenters. The quantitative estimate of drug-likeness (QED) is 0.339. The van der Waals surface area contributed by atoms with Gasteiger partial charge in [0.1, 0.15) is 17.4 Å². The van der Waals surface area contributed by atoms with Gasteiger partial charge in [-0.25, -0.2) is 13.6 Å². The van der Waals surface area contributed by atoms with Crippen LogP contribution >= 0.6 is 0 Å². The van der Waals surface area contributed by atoms with Crippen molar-refractivity contribution in [3.05, 3.63) is 59.7 Å². The van der Waals surface area contributed by atoms with Gasteiger partial charge in [-0.2, -0.15) is 5.26 Å². The molecule has 0 unspecified atom stereocenters. The molecule has 0 bridgehead atoms. The number of anilines is 1. The van der Waals surface area contributed by atoms with Crippen molar-refractivity contribution in [1.82, 2.24) is 0 Å². The number of nitriles is 1. The van der Waals surface area contributed by atoms with Crippen molar-refractivity contribution >= 4 is 27.7 Å². The number of nitrogens with two attached hydrogens (primary N) is 1. The lowest BCUT2D eigenvalue weighted by Gasteiger charge is -2.07. The summed E-state index contributed by atoms with van der Waals surface area (Å²) in [6.45, 7) is 2.82. The van der Waals surface area contributed by atoms with Crippen LogP contribution in [-0.2, 0) is 14.8 Å². The van der Waals surface area contributed by atoms with Gasteiger partial charge in [0.05, 0.1) is 11.5 Å². The molecule has 2 rings (SSSR count). The molecule has 158 valence electrons. The maximum atomic E-state index is 12.4. The Hall–Kier alpha value is -3.15. The summed E-state index contributed by atoms with van der Waals surface area (Å²) in [4.78, 5) is 12.3. The second-order valence-corrected chi connectivity index (χ2v) is 8.23. The van der Waals surface area contributed by atoms with Crippen LogP contribution < -0.4 is 15.2 Å². The zero-order valence-corrected chi connectivity index (χ0v) is 17.6. The molecule has 0 radical (unpaired) electrons. The van der Waals surface area contributed by atoms with Gasteiger partial charge in [-0.05, 0) is 54.5 Å². The number of primary sulfonamides is 1. The Labute approximate surface area is 177 Å². The number of sulfonamides is 1. The molecule has 2 aromatic carbocycles. The molecule has 0 aliphatic carbocycles. The van der Waals surface area contributed by atoms with Gasteiger partial charge in [-0.3, -0.25) is 4.79 Å². The first kappa shape index (κ1) is 23.1. The molecule has 0 spiro atoms. The number of carbonyl (C=O) groups is 1. The van der Waals surface area contributed by atoms with Crippen molar-refractivity contribution in [1.29, 1.82) is 5.26 Å². The first-order valence-corrected chi connectivity index (χ1v) is 11.2. The Bertz CT molecular complexity index is 1020. The average Bonchev–Trinajstić information content (AvgIpc) is 2.72. The van der Waals surface area contributed by atoms with Crippen LogP contribution in [0.5, 0.6) is 5.75 Å². The Balaban J connectivity index is 1.99. The fourth-order valence-electron chi connectivity index (χ4n) is 2.62. The zero-order valence-electron chi connectivity index (χ0n) is 16.8. The van der Waals surface area contributed by atoms with Gasteiger partial charge in [0.2, 0.25) is 10.0 Å². The maximum absolute atomic E-state index is 12.4. The van der Waals surface area contributed by atoms with Crippen molar-refractivity contribution in [2.45, 2.75) is 37.5 Å². The van der Waals surface area contributed by atoms with E-state index in [4.69, 9.17) is 9.88 Å². The molecule has 30 heavy (non-hydrogen) atoms. The first-order chi connectivity index (χ1) is 14.3. The molecule has 0 saturated heterocycles. The number of hydrogen-bond acceptors (Lipinski definition) is 5. The van der Waals surface area contributed by atoms with E-state index in [9.17, 15) is 18.5 Å². The highest BCUT2D eigenvalue weighted by Gasteiger charge is 2.11. The van der Waals surface area contributed by atoms with Crippen LogP contribution in [0.1, 0.15) is 38.2 Å². The van der Waals surface area contributed by atoms with E-state index in [-0.39, 0.29) is 10.5 Å². The van der Waals surface area contributed by atoms with Gasteiger partial charge in [0, 0.05) is 5.69 Å². The number of hydrogen-bond donors (Lipinski definition) is 2. The van der Waals surface area contributed by atoms with Crippen molar-refractivity contribution in [2.24, 2.45) is 5.14 Å². The highest BCUT2D eigenvalue weighted by molar-refractivity contribution is 7.89. The van der Waals surface area contributed by atoms with Crippen LogP contribution in [0.3, 0.4) is 0 Å². The third-order valence-corrected chi connectivity index (χ3v) is 5.19. The molecular formula is C22H25N3O4S. The monoisotopic (exact) mass is 427 g/mol.